The van der Waals surface area contributed by atoms with E-state index in [0.29, 0.717) is 31.8 Å². The van der Waals surface area contributed by atoms with E-state index in [2.05, 4.69) is 10.2 Å². The van der Waals surface area contributed by atoms with Gasteiger partial charge >= 0.3 is 6.09 Å². The lowest BCUT2D eigenvalue weighted by atomic mass is 9.88. The van der Waals surface area contributed by atoms with Gasteiger partial charge in [0.1, 0.15) is 23.3 Å². The second-order valence-electron chi connectivity index (χ2n) is 9.11. The topological polar surface area (TPSA) is 67.4 Å². The number of piperidine rings is 1. The Hall–Kier alpha value is -3.16. The third kappa shape index (κ3) is 4.84. The highest BCUT2D eigenvalue weighted by Crippen LogP contribution is 2.37. The highest BCUT2D eigenvalue weighted by atomic mass is 19.1. The fraction of sp³-hybridized carbons (Fsp3) is 0.417. The summed E-state index contributed by atoms with van der Waals surface area (Å²) in [4.78, 5) is 14.2. The van der Waals surface area contributed by atoms with Gasteiger partial charge in [-0.1, -0.05) is 12.1 Å². The lowest BCUT2D eigenvalue weighted by Gasteiger charge is -2.37. The molecule has 1 saturated heterocycles. The summed E-state index contributed by atoms with van der Waals surface area (Å²) in [5, 5.41) is 7.89. The first-order valence-electron chi connectivity index (χ1n) is 10.7. The van der Waals surface area contributed by atoms with Gasteiger partial charge in [-0.05, 0) is 63.9 Å². The van der Waals surface area contributed by atoms with Crippen molar-refractivity contribution >= 4 is 17.0 Å². The van der Waals surface area contributed by atoms with E-state index >= 15 is 0 Å². The number of halogens is 2. The summed E-state index contributed by atoms with van der Waals surface area (Å²) in [7, 11) is 0. The Bertz CT molecular complexity index is 1110. The van der Waals surface area contributed by atoms with E-state index in [0.717, 1.165) is 29.1 Å². The predicted molar refractivity (Wildman–Crippen MR) is 116 cm³/mol. The molecule has 8 heteroatoms. The number of aromatic nitrogens is 2. The molecule has 1 aliphatic heterocycles. The maximum atomic E-state index is 14.8. The Morgan fingerprint density at radius 2 is 2.00 bits per heavy atom. The van der Waals surface area contributed by atoms with Crippen LogP contribution in [0.2, 0.25) is 0 Å². The van der Waals surface area contributed by atoms with Crippen molar-refractivity contribution < 1.29 is 23.0 Å². The molecule has 170 valence electrons. The van der Waals surface area contributed by atoms with Crippen LogP contribution in [0.4, 0.5) is 13.6 Å². The normalized spacial score (nSPS) is 17.9. The summed E-state index contributed by atoms with van der Waals surface area (Å²) in [5.74, 6) is -1.08. The number of nitrogens with one attached hydrogen (secondary N) is 1. The first-order valence-corrected chi connectivity index (χ1v) is 10.7. The first kappa shape index (κ1) is 22.0. The SMILES string of the molecule is CC(C)(C)OC(=O)N1CCCC(C(Oc2n[nH]c3ccccc23)c2cc(F)ccc2F)C1. The quantitative estimate of drug-likeness (QED) is 0.569. The molecule has 2 atom stereocenters. The largest absolute Gasteiger partial charge is 0.467 e. The molecule has 6 nitrogen and oxygen atoms in total. The number of likely N-dealkylation sites (tertiary alicyclic amines) is 1. The highest BCUT2D eigenvalue weighted by molar-refractivity contribution is 5.83. The average molecular weight is 443 g/mol. The van der Waals surface area contributed by atoms with Gasteiger partial charge in [-0.2, -0.15) is 0 Å². The molecule has 32 heavy (non-hydrogen) atoms. The fourth-order valence-corrected chi connectivity index (χ4v) is 4.04. The summed E-state index contributed by atoms with van der Waals surface area (Å²) in [6.07, 6.45) is 0.123. The molecular weight excluding hydrogens is 416 g/mol. The van der Waals surface area contributed by atoms with Crippen LogP contribution in [0.25, 0.3) is 10.9 Å². The fourth-order valence-electron chi connectivity index (χ4n) is 4.04. The summed E-state index contributed by atoms with van der Waals surface area (Å²) in [6, 6.07) is 10.8. The van der Waals surface area contributed by atoms with Gasteiger partial charge in [0.05, 0.1) is 10.9 Å². The molecule has 0 spiro atoms. The molecule has 2 unspecified atom stereocenters. The van der Waals surface area contributed by atoms with Gasteiger partial charge < -0.3 is 14.4 Å². The van der Waals surface area contributed by atoms with E-state index in [1.165, 1.54) is 0 Å². The second kappa shape index (κ2) is 8.76. The molecule has 1 amide bonds. The number of nitrogens with zero attached hydrogens (tertiary/aromatic N) is 2. The minimum absolute atomic E-state index is 0.105. The van der Waals surface area contributed by atoms with Gasteiger partial charge in [0.15, 0.2) is 0 Å². The van der Waals surface area contributed by atoms with Crippen molar-refractivity contribution in [2.45, 2.75) is 45.3 Å². The number of para-hydroxylation sites is 1. The monoisotopic (exact) mass is 443 g/mol. The van der Waals surface area contributed by atoms with Crippen molar-refractivity contribution in [3.05, 3.63) is 59.7 Å². The van der Waals surface area contributed by atoms with Crippen molar-refractivity contribution in [2.24, 2.45) is 5.92 Å². The average Bonchev–Trinajstić information content (AvgIpc) is 3.16. The molecule has 0 aliphatic carbocycles. The van der Waals surface area contributed by atoms with Crippen LogP contribution >= 0.6 is 0 Å². The van der Waals surface area contributed by atoms with E-state index in [9.17, 15) is 13.6 Å². The molecular formula is C24H27F2N3O3. The molecule has 2 aromatic carbocycles. The van der Waals surface area contributed by atoms with Crippen LogP contribution in [0, 0.1) is 17.6 Å². The van der Waals surface area contributed by atoms with E-state index in [4.69, 9.17) is 9.47 Å². The van der Waals surface area contributed by atoms with Gasteiger partial charge in [0.2, 0.25) is 5.88 Å². The van der Waals surface area contributed by atoms with Crippen molar-refractivity contribution in [3.8, 4) is 5.88 Å². The number of carbonyl (C=O) groups excluding carboxylic acids is 1. The van der Waals surface area contributed by atoms with Crippen molar-refractivity contribution in [1.82, 2.24) is 15.1 Å². The molecule has 0 bridgehead atoms. The third-order valence-corrected chi connectivity index (χ3v) is 5.48. The Morgan fingerprint density at radius 1 is 1.22 bits per heavy atom. The van der Waals surface area contributed by atoms with E-state index in [-0.39, 0.29) is 11.5 Å². The summed E-state index contributed by atoms with van der Waals surface area (Å²) < 4.78 is 40.6. The minimum atomic E-state index is -0.831. The highest BCUT2D eigenvalue weighted by Gasteiger charge is 2.35. The van der Waals surface area contributed by atoms with Crippen LogP contribution in [0.5, 0.6) is 5.88 Å². The molecule has 2 heterocycles. The molecule has 0 radical (unpaired) electrons. The Morgan fingerprint density at radius 3 is 2.78 bits per heavy atom. The van der Waals surface area contributed by atoms with Gasteiger partial charge in [0.25, 0.3) is 0 Å². The van der Waals surface area contributed by atoms with Crippen LogP contribution < -0.4 is 4.74 Å². The maximum Gasteiger partial charge on any atom is 0.410 e. The molecule has 0 saturated carbocycles. The lowest BCUT2D eigenvalue weighted by molar-refractivity contribution is 0.00514. The van der Waals surface area contributed by atoms with E-state index in [1.54, 1.807) is 4.90 Å². The van der Waals surface area contributed by atoms with Gasteiger partial charge in [-0.25, -0.2) is 13.6 Å². The molecule has 3 aromatic rings. The van der Waals surface area contributed by atoms with Crippen LogP contribution in [0.3, 0.4) is 0 Å². The van der Waals surface area contributed by atoms with Crippen LogP contribution in [-0.4, -0.2) is 39.9 Å². The number of ether oxygens (including phenoxy) is 2. The summed E-state index contributed by atoms with van der Waals surface area (Å²) in [6.45, 7) is 6.27. The minimum Gasteiger partial charge on any atom is -0.467 e. The predicted octanol–water partition coefficient (Wildman–Crippen LogP) is 5.61. The first-order chi connectivity index (χ1) is 15.2. The zero-order valence-corrected chi connectivity index (χ0v) is 18.4. The van der Waals surface area contributed by atoms with Gasteiger partial charge in [0, 0.05) is 24.6 Å². The maximum absolute atomic E-state index is 14.8. The third-order valence-electron chi connectivity index (χ3n) is 5.48. The Balaban J connectivity index is 1.66. The zero-order chi connectivity index (χ0) is 22.9. The van der Waals surface area contributed by atoms with Gasteiger partial charge in [-0.15, -0.1) is 5.10 Å². The van der Waals surface area contributed by atoms with Crippen LogP contribution in [0.15, 0.2) is 42.5 Å². The van der Waals surface area contributed by atoms with Crippen molar-refractivity contribution in [3.63, 3.8) is 0 Å². The number of carbonyl (C=O) groups is 1. The zero-order valence-electron chi connectivity index (χ0n) is 18.4. The second-order valence-corrected chi connectivity index (χ2v) is 9.11. The van der Waals surface area contributed by atoms with Crippen molar-refractivity contribution in [1.29, 1.82) is 0 Å². The van der Waals surface area contributed by atoms with E-state index < -0.39 is 29.4 Å². The standard InChI is InChI=1S/C24H27F2N3O3/c1-24(2,3)32-23(30)29-12-6-7-15(14-29)21(18-13-16(25)10-11-19(18)26)31-22-17-8-4-5-9-20(17)27-28-22/h4-5,8-11,13,15,21H,6-7,12,14H2,1-3H3,(H,27,28). The van der Waals surface area contributed by atoms with Crippen LogP contribution in [0.1, 0.15) is 45.3 Å². The van der Waals surface area contributed by atoms with Crippen LogP contribution in [-0.2, 0) is 4.74 Å². The molecule has 1 fully saturated rings. The smallest absolute Gasteiger partial charge is 0.410 e. The number of amides is 1. The number of aromatic amines is 1. The Labute approximate surface area is 185 Å². The number of fused-ring (bicyclic) bond motifs is 1. The number of hydrogen-bond acceptors (Lipinski definition) is 4. The molecule has 1 aromatic heterocycles. The lowest BCUT2D eigenvalue weighted by Crippen LogP contribution is -2.44. The number of H-pyrrole nitrogens is 1. The molecule has 1 aliphatic rings. The molecule has 1 N–H and O–H groups in total. The summed E-state index contributed by atoms with van der Waals surface area (Å²) >= 11 is 0. The van der Waals surface area contributed by atoms with Gasteiger partial charge in [-0.3, -0.25) is 5.10 Å². The number of benzene rings is 2. The summed E-state index contributed by atoms with van der Waals surface area (Å²) in [5.41, 5.74) is 0.260. The van der Waals surface area contributed by atoms with E-state index in [1.807, 2.05) is 45.0 Å². The number of rotatable bonds is 4. The Kier molecular flexibility index (Phi) is 6.04. The number of hydrogen-bond donors (Lipinski definition) is 1. The van der Waals surface area contributed by atoms with Crippen molar-refractivity contribution in [2.75, 3.05) is 13.1 Å². The molecule has 4 rings (SSSR count).